The van der Waals surface area contributed by atoms with Crippen LogP contribution in [0.1, 0.15) is 55.7 Å². The zero-order chi connectivity index (χ0) is 30.5. The fraction of sp³-hybridized carbons (Fsp3) is 0.344. The minimum absolute atomic E-state index is 0.0422. The summed E-state index contributed by atoms with van der Waals surface area (Å²) in [5.41, 5.74) is 14.9. The fourth-order valence-electron chi connectivity index (χ4n) is 5.66. The van der Waals surface area contributed by atoms with Crippen LogP contribution in [0.15, 0.2) is 66.1 Å². The van der Waals surface area contributed by atoms with E-state index < -0.39 is 11.5 Å². The highest BCUT2D eigenvalue weighted by Crippen LogP contribution is 2.32. The van der Waals surface area contributed by atoms with Crippen molar-refractivity contribution in [1.82, 2.24) is 19.9 Å². The van der Waals surface area contributed by atoms with E-state index in [0.717, 1.165) is 55.4 Å². The number of rotatable bonds is 11. The van der Waals surface area contributed by atoms with E-state index in [2.05, 4.69) is 21.9 Å². The molecule has 1 aliphatic heterocycles. The lowest BCUT2D eigenvalue weighted by Crippen LogP contribution is -2.37. The number of halogens is 2. The number of nitrogens with two attached hydrogens (primary N) is 2. The van der Waals surface area contributed by atoms with Crippen LogP contribution in [0.25, 0.3) is 28.0 Å². The number of H-pyrrole nitrogens is 1. The number of aryl methyl sites for hydroxylation is 1. The summed E-state index contributed by atoms with van der Waals surface area (Å²) in [7, 11) is 0. The van der Waals surface area contributed by atoms with Crippen molar-refractivity contribution in [3.8, 4) is 16.9 Å². The quantitative estimate of drug-likeness (QED) is 0.0767. The maximum atomic E-state index is 15.1. The maximum absolute atomic E-state index is 15.1. The largest absolute Gasteiger partial charge is 0.379 e. The van der Waals surface area contributed by atoms with E-state index in [9.17, 15) is 4.79 Å². The standard InChI is InChI=1S/C32H37ClFN7OS/c1-2-22(35)6-3-5-19-15-25(29(34)26(33)16-19)28-17-21-18-41(32(42)40-30(21)39-28)24-11-9-20(10-12-24)27-8-4-7-23(38-27)13-14-43-31(36)37/h2,9-12,15-18,22-23,27,38H,1,3-8,13-14,35H2,(H3,36,37)(H,39,40,42)/t22-,23-,27-/m0/s1. The molecule has 0 amide bonds. The fourth-order valence-corrected chi connectivity index (χ4v) is 6.52. The number of thioether (sulfide) groups is 1. The van der Waals surface area contributed by atoms with E-state index in [4.69, 9.17) is 28.5 Å². The van der Waals surface area contributed by atoms with E-state index in [1.165, 1.54) is 16.3 Å². The Morgan fingerprint density at radius 2 is 2.07 bits per heavy atom. The third kappa shape index (κ3) is 7.56. The normalized spacial score (nSPS) is 17.7. The van der Waals surface area contributed by atoms with Gasteiger partial charge in [0, 0.05) is 41.0 Å². The van der Waals surface area contributed by atoms with Gasteiger partial charge in [0.25, 0.3) is 0 Å². The van der Waals surface area contributed by atoms with Gasteiger partial charge in [-0.1, -0.05) is 48.0 Å². The van der Waals surface area contributed by atoms with Crippen LogP contribution in [-0.4, -0.2) is 37.5 Å². The van der Waals surface area contributed by atoms with Crippen molar-refractivity contribution in [2.45, 2.75) is 63.1 Å². The Labute approximate surface area is 259 Å². The Balaban J connectivity index is 1.34. The van der Waals surface area contributed by atoms with Crippen LogP contribution < -0.4 is 22.5 Å². The number of hydrogen-bond acceptors (Lipinski definition) is 6. The molecule has 0 bridgehead atoms. The summed E-state index contributed by atoms with van der Waals surface area (Å²) < 4.78 is 16.6. The van der Waals surface area contributed by atoms with Gasteiger partial charge < -0.3 is 21.8 Å². The molecular weight excluding hydrogens is 585 g/mol. The van der Waals surface area contributed by atoms with Crippen LogP contribution in [0, 0.1) is 11.2 Å². The number of hydrogen-bond donors (Lipinski definition) is 5. The van der Waals surface area contributed by atoms with E-state index in [1.807, 2.05) is 24.3 Å². The molecule has 0 spiro atoms. The van der Waals surface area contributed by atoms with E-state index in [1.54, 1.807) is 30.5 Å². The molecule has 0 unspecified atom stereocenters. The van der Waals surface area contributed by atoms with Gasteiger partial charge in [-0.05, 0) is 80.0 Å². The number of fused-ring (bicyclic) bond motifs is 1. The molecule has 3 atom stereocenters. The number of nitrogens with zero attached hydrogens (tertiary/aromatic N) is 2. The molecule has 4 aromatic rings. The third-order valence-electron chi connectivity index (χ3n) is 7.97. The van der Waals surface area contributed by atoms with Gasteiger partial charge in [0.15, 0.2) is 11.0 Å². The zero-order valence-electron chi connectivity index (χ0n) is 23.9. The summed E-state index contributed by atoms with van der Waals surface area (Å²) in [4.78, 5) is 20.4. The zero-order valence-corrected chi connectivity index (χ0v) is 25.5. The van der Waals surface area contributed by atoms with Gasteiger partial charge in [-0.15, -0.1) is 6.58 Å². The van der Waals surface area contributed by atoms with Crippen LogP contribution >= 0.6 is 23.4 Å². The Morgan fingerprint density at radius 3 is 2.81 bits per heavy atom. The average molecular weight is 622 g/mol. The summed E-state index contributed by atoms with van der Waals surface area (Å²) in [6.45, 7) is 3.72. The third-order valence-corrected chi connectivity index (χ3v) is 9.00. The summed E-state index contributed by atoms with van der Waals surface area (Å²) >= 11 is 7.64. The monoisotopic (exact) mass is 621 g/mol. The molecule has 7 N–H and O–H groups in total. The van der Waals surface area contributed by atoms with Gasteiger partial charge in [0.2, 0.25) is 0 Å². The Kier molecular flexibility index (Phi) is 10.0. The van der Waals surface area contributed by atoms with Gasteiger partial charge in [0.05, 0.1) is 16.4 Å². The minimum Gasteiger partial charge on any atom is -0.379 e. The molecule has 8 nitrogen and oxygen atoms in total. The van der Waals surface area contributed by atoms with Gasteiger partial charge in [0.1, 0.15) is 5.65 Å². The van der Waals surface area contributed by atoms with Gasteiger partial charge in [-0.3, -0.25) is 9.98 Å². The topological polar surface area (TPSA) is 139 Å². The van der Waals surface area contributed by atoms with Crippen LogP contribution in [-0.2, 0) is 6.42 Å². The van der Waals surface area contributed by atoms with Gasteiger partial charge >= 0.3 is 5.69 Å². The molecule has 43 heavy (non-hydrogen) atoms. The first-order chi connectivity index (χ1) is 20.7. The van der Waals surface area contributed by atoms with Gasteiger partial charge in [-0.2, -0.15) is 4.98 Å². The average Bonchev–Trinajstić information content (AvgIpc) is 3.41. The number of aromatic nitrogens is 3. The molecule has 1 aliphatic rings. The van der Waals surface area contributed by atoms with Crippen molar-refractivity contribution >= 4 is 39.6 Å². The Morgan fingerprint density at radius 1 is 1.28 bits per heavy atom. The summed E-state index contributed by atoms with van der Waals surface area (Å²) in [6.07, 6.45) is 9.97. The van der Waals surface area contributed by atoms with Crippen molar-refractivity contribution in [2.24, 2.45) is 11.5 Å². The minimum atomic E-state index is -0.526. The lowest BCUT2D eigenvalue weighted by molar-refractivity contribution is 0.320. The highest BCUT2D eigenvalue weighted by molar-refractivity contribution is 8.13. The van der Waals surface area contributed by atoms with Crippen molar-refractivity contribution < 1.29 is 4.39 Å². The lowest BCUT2D eigenvalue weighted by Gasteiger charge is -2.31. The second-order valence-corrected chi connectivity index (χ2v) is 12.6. The molecular formula is C32H37ClFN7OS. The first kappa shape index (κ1) is 31.0. The summed E-state index contributed by atoms with van der Waals surface area (Å²) in [5, 5.41) is 12.0. The Hall–Kier alpha value is -3.44. The molecule has 11 heteroatoms. The maximum Gasteiger partial charge on any atom is 0.354 e. The van der Waals surface area contributed by atoms with E-state index in [-0.39, 0.29) is 22.3 Å². The number of benzene rings is 2. The van der Waals surface area contributed by atoms with Crippen molar-refractivity contribution in [1.29, 1.82) is 5.41 Å². The molecule has 2 aromatic carbocycles. The van der Waals surface area contributed by atoms with Crippen molar-refractivity contribution in [3.05, 3.63) is 93.8 Å². The molecule has 5 rings (SSSR count). The van der Waals surface area contributed by atoms with Crippen LogP contribution in [0.4, 0.5) is 4.39 Å². The molecule has 1 fully saturated rings. The highest BCUT2D eigenvalue weighted by atomic mass is 35.5. The molecule has 0 aliphatic carbocycles. The van der Waals surface area contributed by atoms with Crippen molar-refractivity contribution in [2.75, 3.05) is 5.75 Å². The van der Waals surface area contributed by atoms with Crippen LogP contribution in [0.5, 0.6) is 0 Å². The molecule has 0 radical (unpaired) electrons. The molecule has 226 valence electrons. The van der Waals surface area contributed by atoms with E-state index >= 15 is 4.39 Å². The molecule has 2 aromatic heterocycles. The first-order valence-corrected chi connectivity index (χ1v) is 15.9. The number of nitrogens with one attached hydrogen (secondary N) is 3. The number of aromatic amines is 1. The SMILES string of the molecule is C=C[C@H](N)CCCc1cc(Cl)c(F)c(-c2cc3cn(-c4ccc([C@@H]5CCC[C@@H](CCSC(=N)N)N5)cc4)c(=O)nc3[nH]2)c1. The molecule has 0 saturated carbocycles. The number of amidine groups is 1. The second-order valence-electron chi connectivity index (χ2n) is 11.1. The summed E-state index contributed by atoms with van der Waals surface area (Å²) in [5.74, 6) is 0.302. The predicted molar refractivity (Wildman–Crippen MR) is 176 cm³/mol. The van der Waals surface area contributed by atoms with Gasteiger partial charge in [-0.25, -0.2) is 9.18 Å². The van der Waals surface area contributed by atoms with E-state index in [0.29, 0.717) is 40.4 Å². The lowest BCUT2D eigenvalue weighted by atomic mass is 9.92. The summed E-state index contributed by atoms with van der Waals surface area (Å²) in [6, 6.07) is 13.7. The van der Waals surface area contributed by atoms with Crippen LogP contribution in [0.3, 0.4) is 0 Å². The second kappa shape index (κ2) is 13.9. The van der Waals surface area contributed by atoms with Crippen LogP contribution in [0.2, 0.25) is 5.02 Å². The highest BCUT2D eigenvalue weighted by Gasteiger charge is 2.22. The number of piperidine rings is 1. The molecule has 3 heterocycles. The molecule has 1 saturated heterocycles. The first-order valence-electron chi connectivity index (χ1n) is 14.5. The smallest absolute Gasteiger partial charge is 0.354 e. The predicted octanol–water partition coefficient (Wildman–Crippen LogP) is 6.21. The van der Waals surface area contributed by atoms with Crippen molar-refractivity contribution in [3.63, 3.8) is 0 Å². The Bertz CT molecular complexity index is 1670.